The van der Waals surface area contributed by atoms with E-state index in [1.165, 1.54) is 0 Å². The van der Waals surface area contributed by atoms with Crippen LogP contribution < -0.4 is 5.73 Å². The Morgan fingerprint density at radius 2 is 2.07 bits per heavy atom. The Morgan fingerprint density at radius 3 is 2.67 bits per heavy atom. The molecule has 6 heteroatoms. The Morgan fingerprint density at radius 1 is 1.40 bits per heavy atom. The molecular weight excluding hydrogens is 202 g/mol. The zero-order valence-corrected chi connectivity index (χ0v) is 8.84. The van der Waals surface area contributed by atoms with Gasteiger partial charge in [0.05, 0.1) is 6.61 Å². The molecule has 0 aliphatic carbocycles. The molecule has 6 nitrogen and oxygen atoms in total. The van der Waals surface area contributed by atoms with Crippen LogP contribution in [0.4, 0.5) is 0 Å². The van der Waals surface area contributed by atoms with E-state index in [1.54, 1.807) is 13.8 Å². The second-order valence-electron chi connectivity index (χ2n) is 4.44. The van der Waals surface area contributed by atoms with Gasteiger partial charge in [0.1, 0.15) is 18.3 Å². The van der Waals surface area contributed by atoms with Crippen LogP contribution in [0.3, 0.4) is 0 Å². The van der Waals surface area contributed by atoms with Crippen LogP contribution in [0.15, 0.2) is 0 Å². The van der Waals surface area contributed by atoms with Crippen LogP contribution in [0.1, 0.15) is 13.8 Å². The summed E-state index contributed by atoms with van der Waals surface area (Å²) in [5.41, 5.74) is 5.35. The standard InChI is InChI=1S/C9H17NO5/c1-8(2)14-5-3-13-9(12,4-10)7(11)6(5)15-8/h5-7,11-12H,3-4,10H2,1-2H3/t5-,6-,7?,9-/m1/s1. The van der Waals surface area contributed by atoms with Gasteiger partial charge in [-0.15, -0.1) is 0 Å². The van der Waals surface area contributed by atoms with Crippen LogP contribution in [-0.4, -0.2) is 53.3 Å². The largest absolute Gasteiger partial charge is 0.385 e. The summed E-state index contributed by atoms with van der Waals surface area (Å²) in [7, 11) is 0. The molecule has 0 radical (unpaired) electrons. The second-order valence-corrected chi connectivity index (χ2v) is 4.44. The van der Waals surface area contributed by atoms with Gasteiger partial charge >= 0.3 is 0 Å². The lowest BCUT2D eigenvalue weighted by Crippen LogP contribution is -2.63. The summed E-state index contributed by atoms with van der Waals surface area (Å²) < 4.78 is 16.1. The summed E-state index contributed by atoms with van der Waals surface area (Å²) >= 11 is 0. The third-order valence-electron chi connectivity index (χ3n) is 2.78. The highest BCUT2D eigenvalue weighted by molar-refractivity contribution is 4.97. The van der Waals surface area contributed by atoms with Gasteiger partial charge in [-0.05, 0) is 13.8 Å². The normalized spacial score (nSPS) is 49.0. The predicted molar refractivity (Wildman–Crippen MR) is 49.8 cm³/mol. The lowest BCUT2D eigenvalue weighted by molar-refractivity contribution is -0.300. The molecule has 0 amide bonds. The predicted octanol–water partition coefficient (Wildman–Crippen LogP) is -1.46. The first kappa shape index (κ1) is 11.3. The molecule has 0 aromatic heterocycles. The van der Waals surface area contributed by atoms with Crippen LogP contribution in [0.25, 0.3) is 0 Å². The first-order valence-corrected chi connectivity index (χ1v) is 4.98. The maximum atomic E-state index is 9.87. The molecular formula is C9H17NO5. The molecule has 2 fully saturated rings. The van der Waals surface area contributed by atoms with Crippen molar-refractivity contribution >= 4 is 0 Å². The number of aliphatic hydroxyl groups excluding tert-OH is 1. The first-order valence-electron chi connectivity index (χ1n) is 4.98. The number of hydrogen-bond donors (Lipinski definition) is 3. The van der Waals surface area contributed by atoms with Crippen molar-refractivity contribution in [2.45, 2.75) is 43.7 Å². The van der Waals surface area contributed by atoms with Gasteiger partial charge in [-0.25, -0.2) is 0 Å². The average Bonchev–Trinajstić information content (AvgIpc) is 2.48. The van der Waals surface area contributed by atoms with E-state index in [9.17, 15) is 10.2 Å². The van der Waals surface area contributed by atoms with E-state index in [1.807, 2.05) is 0 Å². The SMILES string of the molecule is CC1(C)O[C@@H]2CO[C@](O)(CN)C(O)[C@@H]2O1. The molecule has 88 valence electrons. The molecule has 15 heavy (non-hydrogen) atoms. The lowest BCUT2D eigenvalue weighted by atomic mass is 9.97. The smallest absolute Gasteiger partial charge is 0.207 e. The highest BCUT2D eigenvalue weighted by Gasteiger charge is 2.55. The van der Waals surface area contributed by atoms with Crippen LogP contribution in [0.5, 0.6) is 0 Å². The molecule has 4 N–H and O–H groups in total. The molecule has 0 aromatic carbocycles. The van der Waals surface area contributed by atoms with E-state index in [0.717, 1.165) is 0 Å². The fourth-order valence-corrected chi connectivity index (χ4v) is 2.01. The summed E-state index contributed by atoms with van der Waals surface area (Å²) in [5, 5.41) is 19.7. The minimum Gasteiger partial charge on any atom is -0.385 e. The number of nitrogens with two attached hydrogens (primary N) is 1. The van der Waals surface area contributed by atoms with Gasteiger partial charge in [0.2, 0.25) is 5.79 Å². The van der Waals surface area contributed by atoms with Crippen molar-refractivity contribution < 1.29 is 24.4 Å². The number of fused-ring (bicyclic) bond motifs is 1. The Balaban J connectivity index is 2.16. The van der Waals surface area contributed by atoms with Gasteiger partial charge in [0, 0.05) is 6.54 Å². The van der Waals surface area contributed by atoms with Crippen molar-refractivity contribution in [3.05, 3.63) is 0 Å². The first-order chi connectivity index (χ1) is 6.88. The van der Waals surface area contributed by atoms with E-state index in [-0.39, 0.29) is 19.3 Å². The third-order valence-corrected chi connectivity index (χ3v) is 2.78. The molecule has 2 saturated heterocycles. The second kappa shape index (κ2) is 3.38. The minimum absolute atomic E-state index is 0.166. The summed E-state index contributed by atoms with van der Waals surface area (Å²) in [6.07, 6.45) is -2.15. The van der Waals surface area contributed by atoms with Gasteiger partial charge in [0.25, 0.3) is 0 Å². The summed E-state index contributed by atoms with van der Waals surface area (Å²) in [4.78, 5) is 0. The number of aliphatic hydroxyl groups is 2. The van der Waals surface area contributed by atoms with Crippen molar-refractivity contribution in [1.82, 2.24) is 0 Å². The van der Waals surface area contributed by atoms with Crippen LogP contribution >= 0.6 is 0 Å². The Hall–Kier alpha value is -0.240. The monoisotopic (exact) mass is 219 g/mol. The summed E-state index contributed by atoms with van der Waals surface area (Å²) in [6.45, 7) is 3.49. The van der Waals surface area contributed by atoms with E-state index < -0.39 is 23.8 Å². The van der Waals surface area contributed by atoms with Gasteiger partial charge in [-0.1, -0.05) is 0 Å². The van der Waals surface area contributed by atoms with Crippen molar-refractivity contribution in [3.63, 3.8) is 0 Å². The number of rotatable bonds is 1. The Kier molecular flexibility index (Phi) is 2.53. The van der Waals surface area contributed by atoms with Gasteiger partial charge < -0.3 is 30.2 Å². The molecule has 2 aliphatic rings. The molecule has 0 saturated carbocycles. The fourth-order valence-electron chi connectivity index (χ4n) is 2.01. The maximum absolute atomic E-state index is 9.87. The van der Waals surface area contributed by atoms with Crippen molar-refractivity contribution in [2.24, 2.45) is 5.73 Å². The Labute approximate surface area is 87.9 Å². The zero-order valence-electron chi connectivity index (χ0n) is 8.84. The van der Waals surface area contributed by atoms with Crippen molar-refractivity contribution in [3.8, 4) is 0 Å². The maximum Gasteiger partial charge on any atom is 0.207 e. The van der Waals surface area contributed by atoms with Gasteiger partial charge in [0.15, 0.2) is 5.79 Å². The molecule has 2 heterocycles. The lowest BCUT2D eigenvalue weighted by Gasteiger charge is -2.40. The topological polar surface area (TPSA) is 94.2 Å². The molecule has 2 aliphatic heterocycles. The van der Waals surface area contributed by atoms with Gasteiger partial charge in [-0.2, -0.15) is 0 Å². The molecule has 2 rings (SSSR count). The van der Waals surface area contributed by atoms with E-state index in [0.29, 0.717) is 0 Å². The summed E-state index contributed by atoms with van der Waals surface area (Å²) in [6, 6.07) is 0. The fraction of sp³-hybridized carbons (Fsp3) is 1.00. The zero-order chi connectivity index (χ0) is 11.3. The highest BCUT2D eigenvalue weighted by atomic mass is 16.8. The van der Waals surface area contributed by atoms with E-state index >= 15 is 0 Å². The quantitative estimate of drug-likeness (QED) is 0.499. The molecule has 1 unspecified atom stereocenters. The van der Waals surface area contributed by atoms with Crippen molar-refractivity contribution in [1.29, 1.82) is 0 Å². The van der Waals surface area contributed by atoms with Gasteiger partial charge in [-0.3, -0.25) is 0 Å². The highest BCUT2D eigenvalue weighted by Crippen LogP contribution is 2.36. The number of hydrogen-bond acceptors (Lipinski definition) is 6. The van der Waals surface area contributed by atoms with E-state index in [2.05, 4.69) is 0 Å². The minimum atomic E-state index is -1.73. The Bertz CT molecular complexity index is 259. The molecule has 0 aromatic rings. The van der Waals surface area contributed by atoms with Crippen LogP contribution in [0, 0.1) is 0 Å². The van der Waals surface area contributed by atoms with Crippen LogP contribution in [-0.2, 0) is 14.2 Å². The van der Waals surface area contributed by atoms with Crippen molar-refractivity contribution in [2.75, 3.05) is 13.2 Å². The number of ether oxygens (including phenoxy) is 3. The third kappa shape index (κ3) is 1.77. The van der Waals surface area contributed by atoms with Crippen LogP contribution in [0.2, 0.25) is 0 Å². The average molecular weight is 219 g/mol. The molecule has 0 bridgehead atoms. The molecule has 4 atom stereocenters. The summed E-state index contributed by atoms with van der Waals surface area (Å²) in [5.74, 6) is -2.50. The molecule has 0 spiro atoms. The van der Waals surface area contributed by atoms with E-state index in [4.69, 9.17) is 19.9 Å².